The molecule has 0 bridgehead atoms. The average molecular weight is 242 g/mol. The van der Waals surface area contributed by atoms with Gasteiger partial charge in [0, 0.05) is 19.8 Å². The van der Waals surface area contributed by atoms with E-state index in [1.54, 1.807) is 11.9 Å². The molecule has 0 aliphatic rings. The summed E-state index contributed by atoms with van der Waals surface area (Å²) in [6.07, 6.45) is 1.40. The van der Waals surface area contributed by atoms with Crippen LogP contribution in [0.25, 0.3) is 0 Å². The van der Waals surface area contributed by atoms with Crippen LogP contribution in [0.2, 0.25) is 5.02 Å². The summed E-state index contributed by atoms with van der Waals surface area (Å²) in [5, 5.41) is 0.329. The third-order valence-electron chi connectivity index (χ3n) is 2.09. The number of carbonyl (C=O) groups excluding carboxylic acids is 1. The number of nitrogen functional groups attached to an aromatic ring is 1. The Hall–Kier alpha value is -1.29. The fraction of sp³-hybridized carbons (Fsp3) is 0.455. The van der Waals surface area contributed by atoms with Crippen molar-refractivity contribution in [3.63, 3.8) is 0 Å². The molecule has 0 unspecified atom stereocenters. The third kappa shape index (κ3) is 3.10. The number of amides is 1. The Morgan fingerprint density at radius 2 is 2.25 bits per heavy atom. The Balaban J connectivity index is 2.91. The molecule has 0 fully saturated rings. The summed E-state index contributed by atoms with van der Waals surface area (Å²) in [5.74, 6) is 0.574. The zero-order valence-electron chi connectivity index (χ0n) is 9.70. The van der Waals surface area contributed by atoms with E-state index in [-0.39, 0.29) is 5.91 Å². The Morgan fingerprint density at radius 1 is 1.62 bits per heavy atom. The predicted molar refractivity (Wildman–Crippen MR) is 65.5 cm³/mol. The maximum Gasteiger partial charge on any atom is 0.255 e. The molecule has 4 nitrogen and oxygen atoms in total. The van der Waals surface area contributed by atoms with Crippen LogP contribution < -0.4 is 5.73 Å². The second-order valence-electron chi connectivity index (χ2n) is 4.17. The van der Waals surface area contributed by atoms with Crippen molar-refractivity contribution >= 4 is 23.3 Å². The zero-order valence-corrected chi connectivity index (χ0v) is 10.5. The van der Waals surface area contributed by atoms with Crippen LogP contribution in [0.5, 0.6) is 0 Å². The number of pyridine rings is 1. The lowest BCUT2D eigenvalue weighted by molar-refractivity contribution is 0.0779. The first-order valence-corrected chi connectivity index (χ1v) is 5.46. The predicted octanol–water partition coefficient (Wildman–Crippen LogP) is 2.05. The minimum absolute atomic E-state index is 0.132. The molecule has 1 rings (SSSR count). The lowest BCUT2D eigenvalue weighted by atomic mass is 10.2. The van der Waals surface area contributed by atoms with Gasteiger partial charge >= 0.3 is 0 Å². The van der Waals surface area contributed by atoms with Crippen LogP contribution in [0.3, 0.4) is 0 Å². The van der Waals surface area contributed by atoms with Crippen molar-refractivity contribution in [1.29, 1.82) is 0 Å². The molecule has 0 saturated heterocycles. The first kappa shape index (κ1) is 12.8. The molecule has 2 N–H and O–H groups in total. The van der Waals surface area contributed by atoms with Gasteiger partial charge in [0.05, 0.1) is 10.6 Å². The number of nitrogens with two attached hydrogens (primary N) is 1. The Kier molecular flexibility index (Phi) is 4.12. The molecule has 1 aromatic heterocycles. The molecule has 0 aromatic carbocycles. The Morgan fingerprint density at radius 3 is 2.81 bits per heavy atom. The highest BCUT2D eigenvalue weighted by Gasteiger charge is 2.16. The van der Waals surface area contributed by atoms with E-state index in [0.29, 0.717) is 28.9 Å². The van der Waals surface area contributed by atoms with Crippen molar-refractivity contribution in [3.05, 3.63) is 22.8 Å². The molecule has 0 aliphatic carbocycles. The maximum absolute atomic E-state index is 12.0. The maximum atomic E-state index is 12.0. The minimum atomic E-state index is -0.132. The van der Waals surface area contributed by atoms with Gasteiger partial charge in [-0.1, -0.05) is 25.4 Å². The molecule has 5 heteroatoms. The number of anilines is 1. The van der Waals surface area contributed by atoms with Crippen LogP contribution >= 0.6 is 11.6 Å². The molecule has 0 aliphatic heterocycles. The van der Waals surface area contributed by atoms with Crippen LogP contribution in [0.15, 0.2) is 12.3 Å². The number of nitrogens with zero attached hydrogens (tertiary/aromatic N) is 2. The summed E-state index contributed by atoms with van der Waals surface area (Å²) in [4.78, 5) is 17.5. The van der Waals surface area contributed by atoms with Crippen LogP contribution in [0, 0.1) is 5.92 Å². The normalized spacial score (nSPS) is 10.6. The lowest BCUT2D eigenvalue weighted by Gasteiger charge is -2.19. The smallest absolute Gasteiger partial charge is 0.255 e. The lowest BCUT2D eigenvalue weighted by Crippen LogP contribution is -2.30. The monoisotopic (exact) mass is 241 g/mol. The van der Waals surface area contributed by atoms with E-state index >= 15 is 0 Å². The largest absolute Gasteiger partial charge is 0.384 e. The fourth-order valence-electron chi connectivity index (χ4n) is 1.45. The van der Waals surface area contributed by atoms with Gasteiger partial charge in [-0.15, -0.1) is 0 Å². The highest BCUT2D eigenvalue weighted by molar-refractivity contribution is 6.33. The molecular formula is C11H16ClN3O. The fourth-order valence-corrected chi connectivity index (χ4v) is 1.64. The second kappa shape index (κ2) is 5.16. The SMILES string of the molecule is CC(C)CN(C)C(=O)c1cc(N)ncc1Cl. The Bertz CT molecular complexity index is 393. The summed E-state index contributed by atoms with van der Waals surface area (Å²) in [6.45, 7) is 4.77. The van der Waals surface area contributed by atoms with Gasteiger partial charge in [-0.25, -0.2) is 4.98 Å². The highest BCUT2D eigenvalue weighted by Crippen LogP contribution is 2.18. The van der Waals surface area contributed by atoms with Crippen molar-refractivity contribution in [2.24, 2.45) is 5.92 Å². The number of hydrogen-bond donors (Lipinski definition) is 1. The van der Waals surface area contributed by atoms with E-state index in [4.69, 9.17) is 17.3 Å². The van der Waals surface area contributed by atoms with Gasteiger partial charge in [-0.05, 0) is 12.0 Å². The van der Waals surface area contributed by atoms with Crippen molar-refractivity contribution < 1.29 is 4.79 Å². The van der Waals surface area contributed by atoms with E-state index in [0.717, 1.165) is 0 Å². The Labute approximate surface area is 100 Å². The number of carbonyl (C=O) groups is 1. The summed E-state index contributed by atoms with van der Waals surface area (Å²) < 4.78 is 0. The second-order valence-corrected chi connectivity index (χ2v) is 4.58. The van der Waals surface area contributed by atoms with Gasteiger partial charge in [-0.3, -0.25) is 4.79 Å². The van der Waals surface area contributed by atoms with Crippen molar-refractivity contribution in [2.45, 2.75) is 13.8 Å². The first-order valence-electron chi connectivity index (χ1n) is 5.08. The molecule has 0 spiro atoms. The zero-order chi connectivity index (χ0) is 12.3. The van der Waals surface area contributed by atoms with E-state index in [2.05, 4.69) is 4.98 Å². The van der Waals surface area contributed by atoms with Crippen molar-refractivity contribution in [1.82, 2.24) is 9.88 Å². The van der Waals surface area contributed by atoms with Crippen LogP contribution in [-0.2, 0) is 0 Å². The summed E-state index contributed by atoms with van der Waals surface area (Å²) in [7, 11) is 1.75. The van der Waals surface area contributed by atoms with Gasteiger partial charge in [0.1, 0.15) is 5.82 Å². The number of halogens is 1. The van der Waals surface area contributed by atoms with E-state index in [1.807, 2.05) is 13.8 Å². The van der Waals surface area contributed by atoms with Gasteiger partial charge in [0.2, 0.25) is 0 Å². The van der Waals surface area contributed by atoms with Crippen LogP contribution in [0.4, 0.5) is 5.82 Å². The van der Waals surface area contributed by atoms with E-state index in [1.165, 1.54) is 12.3 Å². The number of rotatable bonds is 3. The van der Waals surface area contributed by atoms with E-state index in [9.17, 15) is 4.79 Å². The van der Waals surface area contributed by atoms with Crippen molar-refractivity contribution in [2.75, 3.05) is 19.3 Å². The van der Waals surface area contributed by atoms with Gasteiger partial charge in [0.15, 0.2) is 0 Å². The molecule has 0 saturated carbocycles. The average Bonchev–Trinajstić information content (AvgIpc) is 2.19. The third-order valence-corrected chi connectivity index (χ3v) is 2.39. The number of hydrogen-bond acceptors (Lipinski definition) is 3. The van der Waals surface area contributed by atoms with Gasteiger partial charge < -0.3 is 10.6 Å². The molecule has 1 heterocycles. The van der Waals surface area contributed by atoms with Crippen molar-refractivity contribution in [3.8, 4) is 0 Å². The topological polar surface area (TPSA) is 59.2 Å². The molecule has 0 atom stereocenters. The van der Waals surface area contributed by atoms with Gasteiger partial charge in [0.25, 0.3) is 5.91 Å². The summed E-state index contributed by atoms with van der Waals surface area (Å²) >= 11 is 5.91. The van der Waals surface area contributed by atoms with Crippen LogP contribution in [0.1, 0.15) is 24.2 Å². The molecule has 0 radical (unpaired) electrons. The minimum Gasteiger partial charge on any atom is -0.384 e. The molecular weight excluding hydrogens is 226 g/mol. The highest BCUT2D eigenvalue weighted by atomic mass is 35.5. The molecule has 88 valence electrons. The van der Waals surface area contributed by atoms with E-state index < -0.39 is 0 Å². The first-order chi connectivity index (χ1) is 7.41. The molecule has 1 amide bonds. The number of aromatic nitrogens is 1. The molecule has 16 heavy (non-hydrogen) atoms. The van der Waals surface area contributed by atoms with Crippen LogP contribution in [-0.4, -0.2) is 29.4 Å². The quantitative estimate of drug-likeness (QED) is 0.881. The summed E-state index contributed by atoms with van der Waals surface area (Å²) in [5.41, 5.74) is 5.93. The van der Waals surface area contributed by atoms with Gasteiger partial charge in [-0.2, -0.15) is 0 Å². The standard InChI is InChI=1S/C11H16ClN3O/c1-7(2)6-15(3)11(16)8-4-10(13)14-5-9(8)12/h4-5,7H,6H2,1-3H3,(H2,13,14). The summed E-state index contributed by atoms with van der Waals surface area (Å²) in [6, 6.07) is 1.50. The molecule has 1 aromatic rings.